The van der Waals surface area contributed by atoms with Crippen LogP contribution in [0.3, 0.4) is 0 Å². The summed E-state index contributed by atoms with van der Waals surface area (Å²) in [5.41, 5.74) is 2.55. The van der Waals surface area contributed by atoms with Crippen molar-refractivity contribution in [2.75, 3.05) is 25.1 Å². The second-order valence-electron chi connectivity index (χ2n) is 4.99. The third kappa shape index (κ3) is 5.51. The fourth-order valence-electron chi connectivity index (χ4n) is 1.93. The Kier molecular flexibility index (Phi) is 6.85. The van der Waals surface area contributed by atoms with E-state index in [1.54, 1.807) is 0 Å². The molecule has 1 N–H and O–H groups in total. The summed E-state index contributed by atoms with van der Waals surface area (Å²) in [6, 6.07) is 13.0. The van der Waals surface area contributed by atoms with Gasteiger partial charge in [-0.15, -0.1) is 0 Å². The van der Waals surface area contributed by atoms with Crippen LogP contribution in [0.25, 0.3) is 0 Å². The molecule has 0 aliphatic heterocycles. The van der Waals surface area contributed by atoms with Gasteiger partial charge in [-0.05, 0) is 78.4 Å². The van der Waals surface area contributed by atoms with Crippen molar-refractivity contribution in [1.29, 1.82) is 0 Å². The molecular formula is C18H20INO3. The predicted molar refractivity (Wildman–Crippen MR) is 100 cm³/mol. The van der Waals surface area contributed by atoms with E-state index in [2.05, 4.69) is 27.9 Å². The summed E-state index contributed by atoms with van der Waals surface area (Å²) in [5.74, 6) is 0.639. The van der Waals surface area contributed by atoms with E-state index in [1.807, 2.05) is 56.3 Å². The lowest BCUT2D eigenvalue weighted by molar-refractivity contribution is 0.102. The van der Waals surface area contributed by atoms with Crippen LogP contribution in [-0.2, 0) is 4.74 Å². The van der Waals surface area contributed by atoms with Gasteiger partial charge in [-0.1, -0.05) is 6.07 Å². The van der Waals surface area contributed by atoms with Gasteiger partial charge in [-0.3, -0.25) is 4.79 Å². The van der Waals surface area contributed by atoms with E-state index in [4.69, 9.17) is 9.47 Å². The van der Waals surface area contributed by atoms with Crippen LogP contribution in [-0.4, -0.2) is 25.7 Å². The molecule has 0 aliphatic carbocycles. The maximum Gasteiger partial charge on any atom is 0.255 e. The molecule has 2 aromatic carbocycles. The van der Waals surface area contributed by atoms with Gasteiger partial charge in [0.1, 0.15) is 12.4 Å². The lowest BCUT2D eigenvalue weighted by atomic mass is 10.1. The smallest absolute Gasteiger partial charge is 0.255 e. The Hall–Kier alpha value is -1.60. The van der Waals surface area contributed by atoms with Gasteiger partial charge >= 0.3 is 0 Å². The van der Waals surface area contributed by atoms with Gasteiger partial charge in [-0.2, -0.15) is 0 Å². The summed E-state index contributed by atoms with van der Waals surface area (Å²) in [6.45, 7) is 5.74. The Morgan fingerprint density at radius 1 is 1.13 bits per heavy atom. The molecule has 0 aliphatic rings. The molecule has 1 amide bonds. The zero-order valence-corrected chi connectivity index (χ0v) is 15.4. The standard InChI is InChI=1S/C18H20INO3/c1-3-22-10-11-23-16-8-6-15(7-9-16)20-18(21)14-5-4-13(2)17(19)12-14/h4-9,12H,3,10-11H2,1-2H3,(H,20,21). The van der Waals surface area contributed by atoms with Crippen LogP contribution in [0.1, 0.15) is 22.8 Å². The molecule has 122 valence electrons. The number of benzene rings is 2. The van der Waals surface area contributed by atoms with E-state index in [1.165, 1.54) is 0 Å². The van der Waals surface area contributed by atoms with Gasteiger partial charge in [0, 0.05) is 21.4 Å². The van der Waals surface area contributed by atoms with E-state index in [-0.39, 0.29) is 5.91 Å². The van der Waals surface area contributed by atoms with Crippen molar-refractivity contribution < 1.29 is 14.3 Å². The average molecular weight is 425 g/mol. The fourth-order valence-corrected chi connectivity index (χ4v) is 2.45. The first-order chi connectivity index (χ1) is 11.1. The molecule has 0 saturated carbocycles. The fraction of sp³-hybridized carbons (Fsp3) is 0.278. The number of anilines is 1. The molecule has 0 aromatic heterocycles. The van der Waals surface area contributed by atoms with E-state index >= 15 is 0 Å². The molecule has 0 fully saturated rings. The largest absolute Gasteiger partial charge is 0.491 e. The Morgan fingerprint density at radius 2 is 1.87 bits per heavy atom. The predicted octanol–water partition coefficient (Wildman–Crippen LogP) is 4.27. The van der Waals surface area contributed by atoms with Crippen LogP contribution >= 0.6 is 22.6 Å². The zero-order valence-electron chi connectivity index (χ0n) is 13.3. The topological polar surface area (TPSA) is 47.6 Å². The molecule has 2 aromatic rings. The number of carbonyl (C=O) groups is 1. The van der Waals surface area contributed by atoms with Gasteiger partial charge in [0.2, 0.25) is 0 Å². The summed E-state index contributed by atoms with van der Waals surface area (Å²) >= 11 is 2.23. The highest BCUT2D eigenvalue weighted by molar-refractivity contribution is 14.1. The zero-order chi connectivity index (χ0) is 16.7. The van der Waals surface area contributed by atoms with Crippen molar-refractivity contribution in [3.63, 3.8) is 0 Å². The highest BCUT2D eigenvalue weighted by Gasteiger charge is 2.07. The van der Waals surface area contributed by atoms with Gasteiger partial charge < -0.3 is 14.8 Å². The van der Waals surface area contributed by atoms with Gasteiger partial charge in [0.25, 0.3) is 5.91 Å². The highest BCUT2D eigenvalue weighted by Crippen LogP contribution is 2.18. The monoisotopic (exact) mass is 425 g/mol. The molecule has 2 rings (SSSR count). The molecular weight excluding hydrogens is 405 g/mol. The minimum Gasteiger partial charge on any atom is -0.491 e. The third-order valence-corrected chi connectivity index (χ3v) is 4.41. The first kappa shape index (κ1) is 17.7. The molecule has 5 heteroatoms. The number of hydrogen-bond acceptors (Lipinski definition) is 3. The van der Waals surface area contributed by atoms with E-state index in [0.29, 0.717) is 25.4 Å². The van der Waals surface area contributed by atoms with Crippen LogP contribution in [0.4, 0.5) is 5.69 Å². The van der Waals surface area contributed by atoms with E-state index in [0.717, 1.165) is 20.6 Å². The van der Waals surface area contributed by atoms with Crippen molar-refractivity contribution in [3.8, 4) is 5.75 Å². The highest BCUT2D eigenvalue weighted by atomic mass is 127. The Labute approximate surface area is 150 Å². The maximum absolute atomic E-state index is 12.2. The number of amides is 1. The third-order valence-electron chi connectivity index (χ3n) is 3.25. The van der Waals surface area contributed by atoms with Crippen molar-refractivity contribution in [3.05, 3.63) is 57.2 Å². The Balaban J connectivity index is 1.92. The van der Waals surface area contributed by atoms with Gasteiger partial charge in [0.05, 0.1) is 6.61 Å². The molecule has 0 atom stereocenters. The number of ether oxygens (including phenoxy) is 2. The summed E-state index contributed by atoms with van der Waals surface area (Å²) < 4.78 is 11.8. The molecule has 23 heavy (non-hydrogen) atoms. The van der Waals surface area contributed by atoms with Crippen molar-refractivity contribution in [1.82, 2.24) is 0 Å². The quantitative estimate of drug-likeness (QED) is 0.533. The number of carbonyl (C=O) groups excluding carboxylic acids is 1. The number of halogens is 1. The second kappa shape index (κ2) is 8.88. The van der Waals surface area contributed by atoms with Crippen LogP contribution < -0.4 is 10.1 Å². The Morgan fingerprint density at radius 3 is 2.52 bits per heavy atom. The average Bonchev–Trinajstić information content (AvgIpc) is 2.55. The lowest BCUT2D eigenvalue weighted by Gasteiger charge is -2.09. The molecule has 0 unspecified atom stereocenters. The molecule has 0 saturated heterocycles. The molecule has 0 radical (unpaired) electrons. The van der Waals surface area contributed by atoms with E-state index < -0.39 is 0 Å². The maximum atomic E-state index is 12.2. The minimum absolute atomic E-state index is 0.118. The van der Waals surface area contributed by atoms with Crippen molar-refractivity contribution >= 4 is 34.2 Å². The van der Waals surface area contributed by atoms with Crippen molar-refractivity contribution in [2.45, 2.75) is 13.8 Å². The number of rotatable bonds is 7. The van der Waals surface area contributed by atoms with Crippen LogP contribution in [0.15, 0.2) is 42.5 Å². The van der Waals surface area contributed by atoms with Gasteiger partial charge in [0.15, 0.2) is 0 Å². The number of nitrogens with one attached hydrogen (secondary N) is 1. The molecule has 0 heterocycles. The number of aryl methyl sites for hydroxylation is 1. The summed E-state index contributed by atoms with van der Waals surface area (Å²) in [4.78, 5) is 12.2. The van der Waals surface area contributed by atoms with Crippen LogP contribution in [0.2, 0.25) is 0 Å². The minimum atomic E-state index is -0.118. The van der Waals surface area contributed by atoms with E-state index in [9.17, 15) is 4.79 Å². The second-order valence-corrected chi connectivity index (χ2v) is 6.15. The van der Waals surface area contributed by atoms with Crippen molar-refractivity contribution in [2.24, 2.45) is 0 Å². The normalized spacial score (nSPS) is 10.4. The van der Waals surface area contributed by atoms with Gasteiger partial charge in [-0.25, -0.2) is 0 Å². The first-order valence-electron chi connectivity index (χ1n) is 7.48. The summed E-state index contributed by atoms with van der Waals surface area (Å²) in [7, 11) is 0. The summed E-state index contributed by atoms with van der Waals surface area (Å²) in [5, 5.41) is 2.89. The number of hydrogen-bond donors (Lipinski definition) is 1. The van der Waals surface area contributed by atoms with Crippen LogP contribution in [0, 0.1) is 10.5 Å². The molecule has 0 bridgehead atoms. The Bertz CT molecular complexity index is 656. The van der Waals surface area contributed by atoms with Crippen LogP contribution in [0.5, 0.6) is 5.75 Å². The first-order valence-corrected chi connectivity index (χ1v) is 8.56. The molecule has 0 spiro atoms. The summed E-state index contributed by atoms with van der Waals surface area (Å²) in [6.07, 6.45) is 0. The molecule has 4 nitrogen and oxygen atoms in total. The lowest BCUT2D eigenvalue weighted by Crippen LogP contribution is -2.12. The SMILES string of the molecule is CCOCCOc1ccc(NC(=O)c2ccc(C)c(I)c2)cc1.